The van der Waals surface area contributed by atoms with Crippen LogP contribution in [0.2, 0.25) is 0 Å². The Balaban J connectivity index is 2.55. The quantitative estimate of drug-likeness (QED) is 0.479. The second kappa shape index (κ2) is 6.77. The van der Waals surface area contributed by atoms with Gasteiger partial charge < -0.3 is 5.32 Å². The summed E-state index contributed by atoms with van der Waals surface area (Å²) in [6.07, 6.45) is 0. The highest BCUT2D eigenvalue weighted by Crippen LogP contribution is 2.18. The SMILES string of the molecule is C=C(CNCC)CSc1nc(C)c(C)c(C)n1. The van der Waals surface area contributed by atoms with Gasteiger partial charge in [0.1, 0.15) is 0 Å². The molecule has 0 aliphatic rings. The Labute approximate surface area is 108 Å². The summed E-state index contributed by atoms with van der Waals surface area (Å²) in [4.78, 5) is 8.95. The maximum Gasteiger partial charge on any atom is 0.188 e. The molecule has 0 fully saturated rings. The van der Waals surface area contributed by atoms with Crippen LogP contribution in [0, 0.1) is 20.8 Å². The average molecular weight is 251 g/mol. The maximum atomic E-state index is 4.48. The molecule has 0 saturated heterocycles. The highest BCUT2D eigenvalue weighted by atomic mass is 32.2. The minimum Gasteiger partial charge on any atom is -0.313 e. The first kappa shape index (κ1) is 14.2. The Hall–Kier alpha value is -0.870. The molecule has 0 aliphatic heterocycles. The van der Waals surface area contributed by atoms with E-state index < -0.39 is 0 Å². The van der Waals surface area contributed by atoms with Crippen molar-refractivity contribution in [2.24, 2.45) is 0 Å². The Morgan fingerprint density at radius 2 is 1.82 bits per heavy atom. The van der Waals surface area contributed by atoms with E-state index >= 15 is 0 Å². The lowest BCUT2D eigenvalue weighted by Gasteiger charge is -2.08. The average Bonchev–Trinajstić information content (AvgIpc) is 2.30. The van der Waals surface area contributed by atoms with Gasteiger partial charge in [-0.25, -0.2) is 9.97 Å². The van der Waals surface area contributed by atoms with E-state index in [-0.39, 0.29) is 0 Å². The van der Waals surface area contributed by atoms with Gasteiger partial charge in [0.2, 0.25) is 0 Å². The predicted octanol–water partition coefficient (Wildman–Crippen LogP) is 2.66. The monoisotopic (exact) mass is 251 g/mol. The first-order valence-electron chi connectivity index (χ1n) is 5.86. The normalized spacial score (nSPS) is 10.6. The summed E-state index contributed by atoms with van der Waals surface area (Å²) >= 11 is 1.65. The van der Waals surface area contributed by atoms with Crippen LogP contribution in [0.3, 0.4) is 0 Å². The molecule has 0 atom stereocenters. The zero-order chi connectivity index (χ0) is 12.8. The van der Waals surface area contributed by atoms with Crippen LogP contribution in [0.25, 0.3) is 0 Å². The molecule has 0 aliphatic carbocycles. The van der Waals surface area contributed by atoms with Crippen LogP contribution in [-0.4, -0.2) is 28.8 Å². The molecule has 1 N–H and O–H groups in total. The topological polar surface area (TPSA) is 37.8 Å². The van der Waals surface area contributed by atoms with Crippen LogP contribution in [0.1, 0.15) is 23.9 Å². The molecule has 0 unspecified atom stereocenters. The fourth-order valence-corrected chi connectivity index (χ4v) is 2.16. The maximum absolute atomic E-state index is 4.48. The van der Waals surface area contributed by atoms with Crippen molar-refractivity contribution < 1.29 is 0 Å². The standard InChI is InChI=1S/C13H21N3S/c1-6-14-7-9(2)8-17-13-15-11(4)10(3)12(5)16-13/h14H,2,6-8H2,1,3-5H3. The van der Waals surface area contributed by atoms with Gasteiger partial charge in [-0.15, -0.1) is 0 Å². The fraction of sp³-hybridized carbons (Fsp3) is 0.538. The van der Waals surface area contributed by atoms with Crippen molar-refractivity contribution in [3.8, 4) is 0 Å². The fourth-order valence-electron chi connectivity index (χ4n) is 1.33. The van der Waals surface area contributed by atoms with Crippen molar-refractivity contribution in [1.29, 1.82) is 0 Å². The largest absolute Gasteiger partial charge is 0.313 e. The highest BCUT2D eigenvalue weighted by molar-refractivity contribution is 7.99. The summed E-state index contributed by atoms with van der Waals surface area (Å²) in [5, 5.41) is 4.11. The van der Waals surface area contributed by atoms with Gasteiger partial charge in [0.25, 0.3) is 0 Å². The van der Waals surface area contributed by atoms with Crippen molar-refractivity contribution in [3.63, 3.8) is 0 Å². The molecule has 94 valence electrons. The molecule has 0 spiro atoms. The molecule has 1 heterocycles. The summed E-state index contributed by atoms with van der Waals surface area (Å²) < 4.78 is 0. The minimum absolute atomic E-state index is 0.850. The van der Waals surface area contributed by atoms with Crippen LogP contribution in [0.5, 0.6) is 0 Å². The van der Waals surface area contributed by atoms with E-state index in [1.165, 1.54) is 11.1 Å². The van der Waals surface area contributed by atoms with Crippen molar-refractivity contribution in [2.45, 2.75) is 32.9 Å². The smallest absolute Gasteiger partial charge is 0.188 e. The third-order valence-electron chi connectivity index (χ3n) is 2.64. The van der Waals surface area contributed by atoms with E-state index in [9.17, 15) is 0 Å². The van der Waals surface area contributed by atoms with Crippen molar-refractivity contribution in [2.75, 3.05) is 18.8 Å². The molecule has 1 aromatic heterocycles. The molecular weight excluding hydrogens is 230 g/mol. The minimum atomic E-state index is 0.850. The van der Waals surface area contributed by atoms with Crippen molar-refractivity contribution in [3.05, 3.63) is 29.1 Å². The number of aryl methyl sites for hydroxylation is 2. The molecule has 0 amide bonds. The second-order valence-electron chi connectivity index (χ2n) is 4.12. The van der Waals surface area contributed by atoms with E-state index in [0.29, 0.717) is 0 Å². The third kappa shape index (κ3) is 4.48. The molecule has 4 heteroatoms. The molecule has 3 nitrogen and oxygen atoms in total. The van der Waals surface area contributed by atoms with Crippen LogP contribution in [0.15, 0.2) is 17.3 Å². The summed E-state index contributed by atoms with van der Waals surface area (Å²) in [5.41, 5.74) is 4.49. The number of aromatic nitrogens is 2. The van der Waals surface area contributed by atoms with Crippen LogP contribution in [-0.2, 0) is 0 Å². The first-order chi connectivity index (χ1) is 8.04. The number of likely N-dealkylation sites (N-methyl/N-ethyl adjacent to an activating group) is 1. The number of rotatable bonds is 6. The van der Waals surface area contributed by atoms with Crippen molar-refractivity contribution >= 4 is 11.8 Å². The Morgan fingerprint density at radius 3 is 2.35 bits per heavy atom. The molecule has 0 saturated carbocycles. The first-order valence-corrected chi connectivity index (χ1v) is 6.85. The van der Waals surface area contributed by atoms with Gasteiger partial charge >= 0.3 is 0 Å². The van der Waals surface area contributed by atoms with Gasteiger partial charge in [-0.2, -0.15) is 0 Å². The van der Waals surface area contributed by atoms with Gasteiger partial charge in [0, 0.05) is 23.7 Å². The van der Waals surface area contributed by atoms with Gasteiger partial charge in [0.05, 0.1) is 0 Å². The number of thioether (sulfide) groups is 1. The molecule has 17 heavy (non-hydrogen) atoms. The van der Waals surface area contributed by atoms with Gasteiger partial charge in [-0.3, -0.25) is 0 Å². The number of nitrogens with zero attached hydrogens (tertiary/aromatic N) is 2. The zero-order valence-corrected chi connectivity index (χ0v) is 11.9. The summed E-state index contributed by atoms with van der Waals surface area (Å²) in [6.45, 7) is 14.1. The second-order valence-corrected chi connectivity index (χ2v) is 5.06. The van der Waals surface area contributed by atoms with E-state index in [4.69, 9.17) is 0 Å². The van der Waals surface area contributed by atoms with Gasteiger partial charge in [0.15, 0.2) is 5.16 Å². The molecule has 0 radical (unpaired) electrons. The number of nitrogens with one attached hydrogen (secondary N) is 1. The molecule has 0 bridgehead atoms. The van der Waals surface area contributed by atoms with Gasteiger partial charge in [-0.1, -0.05) is 30.8 Å². The highest BCUT2D eigenvalue weighted by Gasteiger charge is 2.05. The van der Waals surface area contributed by atoms with Crippen LogP contribution < -0.4 is 5.32 Å². The molecule has 0 aromatic carbocycles. The summed E-state index contributed by atoms with van der Waals surface area (Å²) in [5.74, 6) is 0.870. The van der Waals surface area contributed by atoms with Crippen LogP contribution in [0.4, 0.5) is 0 Å². The van der Waals surface area contributed by atoms with E-state index in [1.54, 1.807) is 11.8 Å². The summed E-state index contributed by atoms with van der Waals surface area (Å²) in [7, 11) is 0. The third-order valence-corrected chi connectivity index (χ3v) is 3.64. The Bertz CT molecular complexity index is 379. The van der Waals surface area contributed by atoms with Crippen LogP contribution >= 0.6 is 11.8 Å². The molecule has 1 rings (SSSR count). The number of hydrogen-bond acceptors (Lipinski definition) is 4. The van der Waals surface area contributed by atoms with Gasteiger partial charge in [-0.05, 0) is 32.9 Å². The molecular formula is C13H21N3S. The van der Waals surface area contributed by atoms with E-state index in [0.717, 1.165) is 35.4 Å². The number of hydrogen-bond donors (Lipinski definition) is 1. The molecule has 1 aromatic rings. The predicted molar refractivity (Wildman–Crippen MR) is 74.7 cm³/mol. The lowest BCUT2D eigenvalue weighted by Crippen LogP contribution is -2.16. The van der Waals surface area contributed by atoms with E-state index in [1.807, 2.05) is 13.8 Å². The van der Waals surface area contributed by atoms with Crippen molar-refractivity contribution in [1.82, 2.24) is 15.3 Å². The zero-order valence-electron chi connectivity index (χ0n) is 11.1. The Kier molecular flexibility index (Phi) is 5.65. The summed E-state index contributed by atoms with van der Waals surface area (Å²) in [6, 6.07) is 0. The lowest BCUT2D eigenvalue weighted by molar-refractivity contribution is 0.778. The lowest BCUT2D eigenvalue weighted by atomic mass is 10.2. The Morgan fingerprint density at radius 1 is 1.24 bits per heavy atom. The van der Waals surface area contributed by atoms with E-state index in [2.05, 4.69) is 35.7 Å².